The summed E-state index contributed by atoms with van der Waals surface area (Å²) >= 11 is 0. The number of carbonyl (C=O) groups is 2. The van der Waals surface area contributed by atoms with Gasteiger partial charge in [-0.25, -0.2) is 0 Å². The predicted molar refractivity (Wildman–Crippen MR) is 343 cm³/mol. The van der Waals surface area contributed by atoms with Crippen LogP contribution in [0, 0.1) is 0 Å². The molecule has 0 bridgehead atoms. The minimum atomic E-state index is -1.62. The maximum absolute atomic E-state index is 13.4. The Morgan fingerprint density at radius 1 is 0.476 bits per heavy atom. The number of unbranched alkanes of at least 4 members (excludes halogenated alkanes) is 37. The second-order valence-electron chi connectivity index (χ2n) is 23.9. The van der Waals surface area contributed by atoms with Crippen LogP contribution in [0.15, 0.2) is 60.8 Å². The van der Waals surface area contributed by atoms with Gasteiger partial charge in [-0.15, -0.1) is 0 Å². The zero-order valence-corrected chi connectivity index (χ0v) is 53.1. The highest BCUT2D eigenvalue weighted by Crippen LogP contribution is 2.26. The largest absolute Gasteiger partial charge is 0.454 e. The average Bonchev–Trinajstić information content (AvgIpc) is 3.68. The molecular formula is C71H129NO10. The normalized spacial score (nSPS) is 19.0. The summed E-state index contributed by atoms with van der Waals surface area (Å²) in [6.45, 7) is 5.77. The first-order valence-corrected chi connectivity index (χ1v) is 34.6. The Kier molecular flexibility index (Phi) is 55.4. The van der Waals surface area contributed by atoms with E-state index in [1.165, 1.54) is 193 Å². The fourth-order valence-corrected chi connectivity index (χ4v) is 10.7. The van der Waals surface area contributed by atoms with Crippen molar-refractivity contribution in [3.05, 3.63) is 60.8 Å². The molecule has 11 nitrogen and oxygen atoms in total. The SMILES string of the molecule is CCCCC/C=C\C/C=C\C/C=C\CCCCCC(O)C(=O)NC(COC1OC(CO)C(O)C(O)C1OC(=O)CCCCCCCCCCCCCCCCC/C=C/CCCCCCCC)C(O)/C=C/CCCCCCCCCCCC. The minimum absolute atomic E-state index is 0.122. The Hall–Kier alpha value is -2.64. The first-order chi connectivity index (χ1) is 40.2. The fourth-order valence-electron chi connectivity index (χ4n) is 10.7. The average molecular weight is 1160 g/mol. The van der Waals surface area contributed by atoms with Gasteiger partial charge in [0.15, 0.2) is 12.4 Å². The van der Waals surface area contributed by atoms with E-state index in [-0.39, 0.29) is 19.4 Å². The van der Waals surface area contributed by atoms with Gasteiger partial charge in [0.1, 0.15) is 24.4 Å². The molecule has 1 amide bonds. The van der Waals surface area contributed by atoms with Crippen LogP contribution in [0.5, 0.6) is 0 Å². The summed E-state index contributed by atoms with van der Waals surface area (Å²) in [5.74, 6) is -1.21. The molecule has 0 aromatic heterocycles. The monoisotopic (exact) mass is 1160 g/mol. The number of hydrogen-bond acceptors (Lipinski definition) is 10. The summed E-state index contributed by atoms with van der Waals surface area (Å²) in [7, 11) is 0. The molecule has 11 heteroatoms. The van der Waals surface area contributed by atoms with Crippen LogP contribution in [-0.2, 0) is 23.8 Å². The molecule has 0 aliphatic carbocycles. The van der Waals surface area contributed by atoms with Gasteiger partial charge in [-0.3, -0.25) is 9.59 Å². The van der Waals surface area contributed by atoms with Gasteiger partial charge in [0.2, 0.25) is 5.91 Å². The van der Waals surface area contributed by atoms with Crippen LogP contribution in [0.4, 0.5) is 0 Å². The summed E-state index contributed by atoms with van der Waals surface area (Å²) in [4.78, 5) is 26.6. The lowest BCUT2D eigenvalue weighted by molar-refractivity contribution is -0.305. The summed E-state index contributed by atoms with van der Waals surface area (Å²) < 4.78 is 17.7. The fraction of sp³-hybridized carbons (Fsp3) is 0.831. The second kappa shape index (κ2) is 58.7. The molecule has 0 saturated carbocycles. The van der Waals surface area contributed by atoms with Gasteiger partial charge in [0, 0.05) is 6.42 Å². The molecule has 0 spiro atoms. The highest BCUT2D eigenvalue weighted by atomic mass is 16.7. The zero-order chi connectivity index (χ0) is 59.6. The van der Waals surface area contributed by atoms with E-state index in [4.69, 9.17) is 14.2 Å². The molecule has 6 N–H and O–H groups in total. The van der Waals surface area contributed by atoms with Crippen molar-refractivity contribution in [1.29, 1.82) is 0 Å². The molecule has 8 atom stereocenters. The van der Waals surface area contributed by atoms with E-state index in [0.29, 0.717) is 12.8 Å². The van der Waals surface area contributed by atoms with Gasteiger partial charge < -0.3 is 45.1 Å². The number of aliphatic hydroxyl groups excluding tert-OH is 5. The van der Waals surface area contributed by atoms with E-state index in [1.54, 1.807) is 6.08 Å². The first kappa shape index (κ1) is 77.4. The lowest BCUT2D eigenvalue weighted by Gasteiger charge is -2.41. The smallest absolute Gasteiger partial charge is 0.306 e. The van der Waals surface area contributed by atoms with Gasteiger partial charge >= 0.3 is 5.97 Å². The summed E-state index contributed by atoms with van der Waals surface area (Å²) in [6.07, 6.45) is 64.1. The molecule has 1 rings (SSSR count). The maximum Gasteiger partial charge on any atom is 0.306 e. The molecule has 1 aliphatic heterocycles. The molecule has 8 unspecified atom stereocenters. The van der Waals surface area contributed by atoms with Crippen molar-refractivity contribution in [3.63, 3.8) is 0 Å². The third-order valence-electron chi connectivity index (χ3n) is 16.1. The van der Waals surface area contributed by atoms with Crippen molar-refractivity contribution in [2.45, 2.75) is 365 Å². The van der Waals surface area contributed by atoms with Crippen LogP contribution in [0.3, 0.4) is 0 Å². The van der Waals surface area contributed by atoms with Crippen LogP contribution in [0.2, 0.25) is 0 Å². The molecule has 0 aromatic rings. The van der Waals surface area contributed by atoms with Crippen molar-refractivity contribution in [1.82, 2.24) is 5.32 Å². The topological polar surface area (TPSA) is 175 Å². The number of allylic oxidation sites excluding steroid dienone is 9. The molecular weight excluding hydrogens is 1030 g/mol. The summed E-state index contributed by atoms with van der Waals surface area (Å²) in [6, 6.07) is -1.04. The van der Waals surface area contributed by atoms with Crippen LogP contribution in [0.25, 0.3) is 0 Å². The van der Waals surface area contributed by atoms with Crippen molar-refractivity contribution in [2.75, 3.05) is 13.2 Å². The van der Waals surface area contributed by atoms with E-state index in [9.17, 15) is 35.1 Å². The number of amides is 1. The third-order valence-corrected chi connectivity index (χ3v) is 16.1. The standard InChI is InChI=1S/C71H129NO10/c1-4-7-10-13-16-19-22-25-27-29-30-31-32-33-34-35-36-37-39-41-44-47-50-53-56-59-66(76)82-69-68(78)67(77)65(60-73)81-71(69)80-61-62(63(74)57-54-51-48-45-42-24-21-18-15-12-9-6-3)72-70(79)64(75)58-55-52-49-46-43-40-38-28-26-23-20-17-14-11-8-5-2/h17,20,25-28,40,43,54,57,62-65,67-69,71,73-75,77-78H,4-16,18-19,21-24,29-39,41-42,44-53,55-56,58-61H2,1-3H3,(H,72,79)/b20-17-,27-25+,28-26-,43-40-,57-54+. The Balaban J connectivity index is 2.58. The lowest BCUT2D eigenvalue weighted by atomic mass is 9.99. The van der Waals surface area contributed by atoms with Gasteiger partial charge in [-0.2, -0.15) is 0 Å². The van der Waals surface area contributed by atoms with Crippen molar-refractivity contribution >= 4 is 11.9 Å². The molecule has 1 saturated heterocycles. The highest BCUT2D eigenvalue weighted by Gasteiger charge is 2.47. The Morgan fingerprint density at radius 3 is 1.29 bits per heavy atom. The number of ether oxygens (including phenoxy) is 3. The van der Waals surface area contributed by atoms with E-state index < -0.39 is 67.4 Å². The minimum Gasteiger partial charge on any atom is -0.454 e. The number of carbonyl (C=O) groups excluding carboxylic acids is 2. The molecule has 0 aromatic carbocycles. The summed E-state index contributed by atoms with van der Waals surface area (Å²) in [5, 5.41) is 57.1. The van der Waals surface area contributed by atoms with E-state index in [2.05, 4.69) is 74.7 Å². The molecule has 1 heterocycles. The van der Waals surface area contributed by atoms with Crippen LogP contribution >= 0.6 is 0 Å². The predicted octanol–water partition coefficient (Wildman–Crippen LogP) is 17.3. The van der Waals surface area contributed by atoms with E-state index in [0.717, 1.165) is 77.0 Å². The number of esters is 1. The van der Waals surface area contributed by atoms with Crippen LogP contribution in [-0.4, -0.2) is 99.6 Å². The van der Waals surface area contributed by atoms with Crippen molar-refractivity contribution in [3.8, 4) is 0 Å². The van der Waals surface area contributed by atoms with Crippen LogP contribution in [0.1, 0.15) is 316 Å². The first-order valence-electron chi connectivity index (χ1n) is 34.6. The molecule has 1 aliphatic rings. The Bertz CT molecular complexity index is 1560. The van der Waals surface area contributed by atoms with Crippen molar-refractivity contribution < 1.29 is 49.3 Å². The Morgan fingerprint density at radius 2 is 0.841 bits per heavy atom. The number of aliphatic hydroxyl groups is 5. The Labute approximate surface area is 503 Å². The molecule has 0 radical (unpaired) electrons. The van der Waals surface area contributed by atoms with Gasteiger partial charge in [-0.1, -0.05) is 281 Å². The highest BCUT2D eigenvalue weighted by molar-refractivity contribution is 5.80. The molecule has 1 fully saturated rings. The third kappa shape index (κ3) is 45.7. The molecule has 478 valence electrons. The zero-order valence-electron chi connectivity index (χ0n) is 53.1. The van der Waals surface area contributed by atoms with E-state index >= 15 is 0 Å². The summed E-state index contributed by atoms with van der Waals surface area (Å²) in [5.41, 5.74) is 0. The van der Waals surface area contributed by atoms with Gasteiger partial charge in [0.25, 0.3) is 0 Å². The number of nitrogens with one attached hydrogen (secondary N) is 1. The van der Waals surface area contributed by atoms with Crippen molar-refractivity contribution in [2.24, 2.45) is 0 Å². The van der Waals surface area contributed by atoms with E-state index in [1.807, 2.05) is 6.08 Å². The molecule has 82 heavy (non-hydrogen) atoms. The second-order valence-corrected chi connectivity index (χ2v) is 23.9. The number of hydrogen-bond donors (Lipinski definition) is 6. The van der Waals surface area contributed by atoms with Crippen LogP contribution < -0.4 is 5.32 Å². The quantitative estimate of drug-likeness (QED) is 0.0195. The van der Waals surface area contributed by atoms with Gasteiger partial charge in [-0.05, 0) is 89.9 Å². The number of rotatable bonds is 59. The lowest BCUT2D eigenvalue weighted by Crippen LogP contribution is -2.61. The maximum atomic E-state index is 13.4. The van der Waals surface area contributed by atoms with Gasteiger partial charge in [0.05, 0.1) is 25.4 Å².